The van der Waals surface area contributed by atoms with Crippen LogP contribution in [0.15, 0.2) is 6.07 Å². The second-order valence-corrected chi connectivity index (χ2v) is 11.3. The molecule has 2 aromatic heterocycles. The van der Waals surface area contributed by atoms with E-state index >= 15 is 0 Å². The number of hydrogen-bond acceptors (Lipinski definition) is 8. The lowest BCUT2D eigenvalue weighted by Crippen LogP contribution is -2.57. The third kappa shape index (κ3) is 4.52. The molecule has 0 N–H and O–H groups in total. The van der Waals surface area contributed by atoms with Crippen molar-refractivity contribution in [3.63, 3.8) is 0 Å². The van der Waals surface area contributed by atoms with E-state index in [1.54, 1.807) is 15.6 Å². The molecule has 4 heterocycles. The topological polar surface area (TPSA) is 78.9 Å². The zero-order chi connectivity index (χ0) is 20.8. The Balaban J connectivity index is 1.59. The summed E-state index contributed by atoms with van der Waals surface area (Å²) >= 11 is 7.89. The Morgan fingerprint density at radius 1 is 1.21 bits per heavy atom. The zero-order valence-corrected chi connectivity index (χ0v) is 19.2. The summed E-state index contributed by atoms with van der Waals surface area (Å²) in [5.74, 6) is 0.877. The Kier molecular flexibility index (Phi) is 6.02. The van der Waals surface area contributed by atoms with E-state index in [0.29, 0.717) is 26.3 Å². The first-order valence-corrected chi connectivity index (χ1v) is 12.8. The number of fused-ring (bicyclic) bond motifs is 1. The SMILES string of the molecule is C[C@@H]1CN(S(C)(=O)=O)C[C@H](C)N1Cc1cc2nc(Cl)nc(N3CCOCC3)c2s1. The van der Waals surface area contributed by atoms with Crippen LogP contribution in [0.4, 0.5) is 5.82 Å². The normalized spacial score (nSPS) is 25.0. The van der Waals surface area contributed by atoms with Crippen LogP contribution in [-0.2, 0) is 21.3 Å². The van der Waals surface area contributed by atoms with Gasteiger partial charge in [-0.25, -0.2) is 13.4 Å². The lowest BCUT2D eigenvalue weighted by molar-refractivity contribution is 0.0712. The number of aromatic nitrogens is 2. The molecule has 2 atom stereocenters. The number of piperazine rings is 1. The van der Waals surface area contributed by atoms with Gasteiger partial charge in [0.25, 0.3) is 0 Å². The maximum atomic E-state index is 11.9. The van der Waals surface area contributed by atoms with E-state index in [2.05, 4.69) is 39.7 Å². The summed E-state index contributed by atoms with van der Waals surface area (Å²) in [4.78, 5) is 14.7. The van der Waals surface area contributed by atoms with E-state index in [9.17, 15) is 8.42 Å². The van der Waals surface area contributed by atoms with Crippen LogP contribution in [0.3, 0.4) is 0 Å². The number of anilines is 1. The van der Waals surface area contributed by atoms with Gasteiger partial charge in [0.15, 0.2) is 5.82 Å². The fraction of sp³-hybridized carbons (Fsp3) is 0.667. The second kappa shape index (κ2) is 8.24. The van der Waals surface area contributed by atoms with Crippen LogP contribution < -0.4 is 4.90 Å². The van der Waals surface area contributed by atoms with Crippen molar-refractivity contribution in [3.8, 4) is 0 Å². The van der Waals surface area contributed by atoms with Crippen LogP contribution in [0.25, 0.3) is 10.2 Å². The Morgan fingerprint density at radius 2 is 1.86 bits per heavy atom. The van der Waals surface area contributed by atoms with Crippen LogP contribution in [0.5, 0.6) is 0 Å². The highest BCUT2D eigenvalue weighted by Crippen LogP contribution is 2.34. The summed E-state index contributed by atoms with van der Waals surface area (Å²) in [6.07, 6.45) is 1.28. The molecule has 11 heteroatoms. The molecule has 0 radical (unpaired) electrons. The second-order valence-electron chi connectivity index (χ2n) is 7.79. The highest BCUT2D eigenvalue weighted by Gasteiger charge is 2.33. The van der Waals surface area contributed by atoms with Crippen LogP contribution >= 0.6 is 22.9 Å². The molecule has 8 nitrogen and oxygen atoms in total. The molecule has 2 saturated heterocycles. The standard InChI is InChI=1S/C18H26ClN5O3S2/c1-12-9-23(29(3,25)26)10-13(2)24(12)11-14-8-15-16(28-14)17(21-18(19)20-15)22-4-6-27-7-5-22/h8,12-13H,4-7,9-11H2,1-3H3/t12-,13+. The summed E-state index contributed by atoms with van der Waals surface area (Å²) in [5.41, 5.74) is 0.863. The van der Waals surface area contributed by atoms with E-state index in [0.717, 1.165) is 35.7 Å². The fourth-order valence-electron chi connectivity index (χ4n) is 4.07. The van der Waals surface area contributed by atoms with Crippen molar-refractivity contribution in [1.29, 1.82) is 0 Å². The third-order valence-electron chi connectivity index (χ3n) is 5.56. The number of morpholine rings is 1. The molecule has 0 saturated carbocycles. The van der Waals surface area contributed by atoms with Gasteiger partial charge in [0.05, 0.1) is 29.7 Å². The maximum Gasteiger partial charge on any atom is 0.224 e. The van der Waals surface area contributed by atoms with Gasteiger partial charge in [0.2, 0.25) is 15.3 Å². The van der Waals surface area contributed by atoms with Crippen molar-refractivity contribution < 1.29 is 13.2 Å². The number of sulfonamides is 1. The van der Waals surface area contributed by atoms with Crippen LogP contribution in [0.1, 0.15) is 18.7 Å². The molecule has 0 unspecified atom stereocenters. The molecule has 0 amide bonds. The Morgan fingerprint density at radius 3 is 2.48 bits per heavy atom. The highest BCUT2D eigenvalue weighted by atomic mass is 35.5. The van der Waals surface area contributed by atoms with Crippen LogP contribution in [-0.4, -0.2) is 85.3 Å². The number of ether oxygens (including phenoxy) is 1. The molecule has 0 bridgehead atoms. The summed E-state index contributed by atoms with van der Waals surface area (Å²) in [6, 6.07) is 2.35. The van der Waals surface area contributed by atoms with Crippen molar-refractivity contribution in [2.24, 2.45) is 0 Å². The van der Waals surface area contributed by atoms with Gasteiger partial charge in [-0.1, -0.05) is 0 Å². The Hall–Kier alpha value is -1.04. The first-order chi connectivity index (χ1) is 13.7. The quantitative estimate of drug-likeness (QED) is 0.647. The van der Waals surface area contributed by atoms with E-state index in [1.165, 1.54) is 11.1 Å². The van der Waals surface area contributed by atoms with Crippen molar-refractivity contribution in [3.05, 3.63) is 16.2 Å². The number of thiophene rings is 1. The minimum atomic E-state index is -3.17. The molecule has 160 valence electrons. The van der Waals surface area contributed by atoms with Gasteiger partial charge in [-0.2, -0.15) is 9.29 Å². The minimum Gasteiger partial charge on any atom is -0.378 e. The minimum absolute atomic E-state index is 0.132. The average Bonchev–Trinajstić information content (AvgIpc) is 3.06. The molecule has 29 heavy (non-hydrogen) atoms. The Bertz CT molecular complexity index is 981. The van der Waals surface area contributed by atoms with Gasteiger partial charge in [0.1, 0.15) is 0 Å². The van der Waals surface area contributed by atoms with Crippen molar-refractivity contribution in [2.75, 3.05) is 50.5 Å². The van der Waals surface area contributed by atoms with E-state index < -0.39 is 10.0 Å². The van der Waals surface area contributed by atoms with E-state index in [-0.39, 0.29) is 17.4 Å². The van der Waals surface area contributed by atoms with Gasteiger partial charge in [-0.15, -0.1) is 11.3 Å². The largest absolute Gasteiger partial charge is 0.378 e. The number of nitrogens with zero attached hydrogens (tertiary/aromatic N) is 5. The lowest BCUT2D eigenvalue weighted by Gasteiger charge is -2.43. The lowest BCUT2D eigenvalue weighted by atomic mass is 10.1. The number of halogens is 1. The first kappa shape index (κ1) is 21.2. The molecule has 0 aromatic carbocycles. The average molecular weight is 460 g/mol. The molecule has 0 aliphatic carbocycles. The summed E-state index contributed by atoms with van der Waals surface area (Å²) in [7, 11) is -3.17. The smallest absolute Gasteiger partial charge is 0.224 e. The van der Waals surface area contributed by atoms with Crippen LogP contribution in [0, 0.1) is 0 Å². The molecule has 2 aliphatic rings. The van der Waals surface area contributed by atoms with Gasteiger partial charge >= 0.3 is 0 Å². The third-order valence-corrected chi connectivity index (χ3v) is 8.07. The van der Waals surface area contributed by atoms with Crippen molar-refractivity contribution in [2.45, 2.75) is 32.5 Å². The highest BCUT2D eigenvalue weighted by molar-refractivity contribution is 7.88. The fourth-order valence-corrected chi connectivity index (χ4v) is 6.34. The van der Waals surface area contributed by atoms with Gasteiger partial charge in [-0.05, 0) is 31.5 Å². The molecule has 2 aliphatic heterocycles. The van der Waals surface area contributed by atoms with Crippen molar-refractivity contribution >= 4 is 49.0 Å². The summed E-state index contributed by atoms with van der Waals surface area (Å²) < 4.78 is 32.0. The molecule has 2 fully saturated rings. The number of hydrogen-bond donors (Lipinski definition) is 0. The zero-order valence-electron chi connectivity index (χ0n) is 16.8. The molecule has 2 aromatic rings. The van der Waals surface area contributed by atoms with E-state index in [4.69, 9.17) is 16.3 Å². The summed E-state index contributed by atoms with van der Waals surface area (Å²) in [6.45, 7) is 8.88. The van der Waals surface area contributed by atoms with Gasteiger partial charge in [0, 0.05) is 49.7 Å². The maximum absolute atomic E-state index is 11.9. The van der Waals surface area contributed by atoms with Crippen molar-refractivity contribution in [1.82, 2.24) is 19.2 Å². The monoisotopic (exact) mass is 459 g/mol. The molecule has 0 spiro atoms. The molecular weight excluding hydrogens is 434 g/mol. The summed E-state index contributed by atoms with van der Waals surface area (Å²) in [5, 5.41) is 0.256. The predicted octanol–water partition coefficient (Wildman–Crippen LogP) is 2.04. The first-order valence-electron chi connectivity index (χ1n) is 9.72. The molecular formula is C18H26ClN5O3S2. The van der Waals surface area contributed by atoms with Crippen LogP contribution in [0.2, 0.25) is 5.28 Å². The molecule has 4 rings (SSSR count). The predicted molar refractivity (Wildman–Crippen MR) is 116 cm³/mol. The number of rotatable bonds is 4. The van der Waals surface area contributed by atoms with E-state index in [1.807, 2.05) is 0 Å². The Labute approximate surface area is 180 Å². The van der Waals surface area contributed by atoms with Gasteiger partial charge < -0.3 is 9.64 Å². The van der Waals surface area contributed by atoms with Gasteiger partial charge in [-0.3, -0.25) is 4.90 Å².